The van der Waals surface area contributed by atoms with Crippen LogP contribution in [0.1, 0.15) is 34.7 Å². The highest BCUT2D eigenvalue weighted by Crippen LogP contribution is 2.25. The zero-order valence-corrected chi connectivity index (χ0v) is 17.2. The van der Waals surface area contributed by atoms with Gasteiger partial charge in [0.15, 0.2) is 0 Å². The maximum atomic E-state index is 13.2. The summed E-state index contributed by atoms with van der Waals surface area (Å²) in [4.78, 5) is 17.7. The van der Waals surface area contributed by atoms with Crippen molar-refractivity contribution < 1.29 is 9.18 Å². The van der Waals surface area contributed by atoms with Gasteiger partial charge in [-0.25, -0.2) is 14.1 Å². The lowest BCUT2D eigenvalue weighted by molar-refractivity contribution is 0.102. The summed E-state index contributed by atoms with van der Waals surface area (Å²) in [6.45, 7) is 2.83. The summed E-state index contributed by atoms with van der Waals surface area (Å²) in [5, 5.41) is 7.26. The highest BCUT2D eigenvalue weighted by atomic mass is 19.1. The van der Waals surface area contributed by atoms with Gasteiger partial charge in [-0.3, -0.25) is 4.79 Å². The number of fused-ring (bicyclic) bond motifs is 1. The molecule has 1 aliphatic rings. The molecule has 1 amide bonds. The number of halogens is 1. The van der Waals surface area contributed by atoms with Crippen LogP contribution >= 0.6 is 0 Å². The molecule has 0 saturated heterocycles. The first-order chi connectivity index (χ1) is 15.1. The molecule has 0 saturated carbocycles. The molecule has 3 heterocycles. The second kappa shape index (κ2) is 7.83. The van der Waals surface area contributed by atoms with Crippen molar-refractivity contribution in [3.8, 4) is 16.9 Å². The Balaban J connectivity index is 1.37. The maximum absolute atomic E-state index is 13.2. The Labute approximate surface area is 179 Å². The molecule has 156 valence electrons. The van der Waals surface area contributed by atoms with E-state index in [-0.39, 0.29) is 11.7 Å². The van der Waals surface area contributed by atoms with Crippen molar-refractivity contribution in [3.63, 3.8) is 0 Å². The third kappa shape index (κ3) is 3.74. The number of aryl methyl sites for hydroxylation is 2. The molecule has 2 aromatic carbocycles. The van der Waals surface area contributed by atoms with Gasteiger partial charge in [0, 0.05) is 30.4 Å². The van der Waals surface area contributed by atoms with Crippen molar-refractivity contribution in [3.05, 3.63) is 83.8 Å². The first-order valence-electron chi connectivity index (χ1n) is 10.4. The van der Waals surface area contributed by atoms with Crippen LogP contribution in [0, 0.1) is 12.7 Å². The van der Waals surface area contributed by atoms with Crippen LogP contribution in [0.3, 0.4) is 0 Å². The van der Waals surface area contributed by atoms with Gasteiger partial charge in [0.2, 0.25) is 0 Å². The number of rotatable bonds is 4. The van der Waals surface area contributed by atoms with Crippen LogP contribution in [0.5, 0.6) is 0 Å². The molecule has 0 unspecified atom stereocenters. The number of aromatic nitrogens is 4. The standard InChI is InChI=1S/C24H22FN5O/c1-16-21(14-26-30(16)20-10-8-18(25)9-11-20)24(31)27-19-6-4-5-17(13-19)22-15-29-12-3-2-7-23(29)28-22/h4-6,8-11,13-15H,2-3,7,12H2,1H3,(H,27,31). The second-order valence-corrected chi connectivity index (χ2v) is 7.76. The lowest BCUT2D eigenvalue weighted by atomic mass is 10.1. The minimum absolute atomic E-state index is 0.243. The maximum Gasteiger partial charge on any atom is 0.259 e. The van der Waals surface area contributed by atoms with E-state index in [2.05, 4.69) is 21.2 Å². The first kappa shape index (κ1) is 19.2. The Bertz CT molecular complexity index is 1230. The molecule has 4 aromatic rings. The van der Waals surface area contributed by atoms with Crippen molar-refractivity contribution in [2.75, 3.05) is 5.32 Å². The molecule has 0 fully saturated rings. The summed E-state index contributed by atoms with van der Waals surface area (Å²) >= 11 is 0. The molecule has 0 aliphatic carbocycles. The van der Waals surface area contributed by atoms with E-state index >= 15 is 0 Å². The molecule has 1 aliphatic heterocycles. The fourth-order valence-electron chi connectivity index (χ4n) is 3.98. The monoisotopic (exact) mass is 415 g/mol. The van der Waals surface area contributed by atoms with Crippen molar-refractivity contribution in [1.29, 1.82) is 0 Å². The average Bonchev–Trinajstić information content (AvgIpc) is 3.38. The van der Waals surface area contributed by atoms with Gasteiger partial charge in [-0.15, -0.1) is 0 Å². The molecule has 6 nitrogen and oxygen atoms in total. The Kier molecular flexibility index (Phi) is 4.86. The zero-order chi connectivity index (χ0) is 21.4. The molecule has 0 atom stereocenters. The number of carbonyl (C=O) groups is 1. The van der Waals surface area contributed by atoms with Crippen LogP contribution in [-0.2, 0) is 13.0 Å². The number of anilines is 1. The Morgan fingerprint density at radius 1 is 1.13 bits per heavy atom. The van der Waals surface area contributed by atoms with E-state index in [1.54, 1.807) is 16.8 Å². The van der Waals surface area contributed by atoms with Crippen molar-refractivity contribution >= 4 is 11.6 Å². The van der Waals surface area contributed by atoms with Gasteiger partial charge >= 0.3 is 0 Å². The second-order valence-electron chi connectivity index (χ2n) is 7.76. The molecule has 0 spiro atoms. The topological polar surface area (TPSA) is 64.7 Å². The molecule has 2 aromatic heterocycles. The number of nitrogens with one attached hydrogen (secondary N) is 1. The van der Waals surface area contributed by atoms with Gasteiger partial charge in [0.25, 0.3) is 5.91 Å². The Hall–Kier alpha value is -3.74. The fourth-order valence-corrected chi connectivity index (χ4v) is 3.98. The predicted octanol–water partition coefficient (Wildman–Crippen LogP) is 4.77. The minimum Gasteiger partial charge on any atom is -0.334 e. The number of hydrogen-bond acceptors (Lipinski definition) is 3. The Morgan fingerprint density at radius 3 is 2.77 bits per heavy atom. The molecule has 7 heteroatoms. The zero-order valence-electron chi connectivity index (χ0n) is 17.2. The Morgan fingerprint density at radius 2 is 1.97 bits per heavy atom. The summed E-state index contributed by atoms with van der Waals surface area (Å²) in [5.74, 6) is 0.566. The van der Waals surface area contributed by atoms with Crippen LogP contribution in [0.15, 0.2) is 60.9 Å². The summed E-state index contributed by atoms with van der Waals surface area (Å²) in [6, 6.07) is 13.7. The third-order valence-electron chi connectivity index (χ3n) is 5.65. The molecule has 0 bridgehead atoms. The van der Waals surface area contributed by atoms with Gasteiger partial charge in [-0.2, -0.15) is 5.10 Å². The summed E-state index contributed by atoms with van der Waals surface area (Å²) in [7, 11) is 0. The molecule has 31 heavy (non-hydrogen) atoms. The van der Waals surface area contributed by atoms with Crippen molar-refractivity contribution in [2.45, 2.75) is 32.7 Å². The summed E-state index contributed by atoms with van der Waals surface area (Å²) < 4.78 is 17.0. The first-order valence-corrected chi connectivity index (χ1v) is 10.4. The molecular formula is C24H22FN5O. The van der Waals surface area contributed by atoms with Crippen molar-refractivity contribution in [2.24, 2.45) is 0 Å². The van der Waals surface area contributed by atoms with Gasteiger partial charge in [0.05, 0.1) is 28.8 Å². The molecular weight excluding hydrogens is 393 g/mol. The number of benzene rings is 2. The average molecular weight is 415 g/mol. The van der Waals surface area contributed by atoms with E-state index in [4.69, 9.17) is 4.98 Å². The van der Waals surface area contributed by atoms with E-state index in [0.717, 1.165) is 30.0 Å². The number of carbonyl (C=O) groups excluding carboxylic acids is 1. The third-order valence-corrected chi connectivity index (χ3v) is 5.65. The molecule has 0 radical (unpaired) electrons. The van der Waals surface area contributed by atoms with E-state index in [1.807, 2.05) is 31.2 Å². The largest absolute Gasteiger partial charge is 0.334 e. The van der Waals surface area contributed by atoms with Gasteiger partial charge in [0.1, 0.15) is 11.6 Å². The highest BCUT2D eigenvalue weighted by molar-refractivity contribution is 6.05. The number of hydrogen-bond donors (Lipinski definition) is 1. The smallest absolute Gasteiger partial charge is 0.259 e. The highest BCUT2D eigenvalue weighted by Gasteiger charge is 2.17. The van der Waals surface area contributed by atoms with Crippen LogP contribution in [0.4, 0.5) is 10.1 Å². The van der Waals surface area contributed by atoms with Crippen LogP contribution in [0.25, 0.3) is 16.9 Å². The van der Waals surface area contributed by atoms with Crippen LogP contribution in [-0.4, -0.2) is 25.2 Å². The van der Waals surface area contributed by atoms with E-state index in [9.17, 15) is 9.18 Å². The lowest BCUT2D eigenvalue weighted by Crippen LogP contribution is -2.13. The van der Waals surface area contributed by atoms with E-state index in [0.29, 0.717) is 22.6 Å². The number of amides is 1. The number of nitrogens with zero attached hydrogens (tertiary/aromatic N) is 4. The van der Waals surface area contributed by atoms with E-state index < -0.39 is 0 Å². The normalized spacial score (nSPS) is 13.1. The van der Waals surface area contributed by atoms with Crippen molar-refractivity contribution in [1.82, 2.24) is 19.3 Å². The van der Waals surface area contributed by atoms with Gasteiger partial charge in [-0.05, 0) is 56.2 Å². The van der Waals surface area contributed by atoms with Crippen LogP contribution < -0.4 is 5.32 Å². The predicted molar refractivity (Wildman–Crippen MR) is 117 cm³/mol. The molecule has 1 N–H and O–H groups in total. The molecule has 5 rings (SSSR count). The van der Waals surface area contributed by atoms with Crippen LogP contribution in [0.2, 0.25) is 0 Å². The van der Waals surface area contributed by atoms with Gasteiger partial charge < -0.3 is 9.88 Å². The lowest BCUT2D eigenvalue weighted by Gasteiger charge is -2.11. The quantitative estimate of drug-likeness (QED) is 0.522. The summed E-state index contributed by atoms with van der Waals surface area (Å²) in [5.41, 5.74) is 4.44. The summed E-state index contributed by atoms with van der Waals surface area (Å²) in [6.07, 6.45) is 6.99. The minimum atomic E-state index is -0.315. The van der Waals surface area contributed by atoms with Gasteiger partial charge in [-0.1, -0.05) is 12.1 Å². The number of imidazole rings is 1. The fraction of sp³-hybridized carbons (Fsp3) is 0.208. The SMILES string of the molecule is Cc1c(C(=O)Nc2cccc(-c3cn4c(n3)CCCC4)c2)cnn1-c1ccc(F)cc1. The van der Waals surface area contributed by atoms with E-state index in [1.165, 1.54) is 31.2 Å².